The summed E-state index contributed by atoms with van der Waals surface area (Å²) in [6.45, 7) is 0.891. The van der Waals surface area contributed by atoms with Crippen molar-refractivity contribution in [3.63, 3.8) is 0 Å². The maximum absolute atomic E-state index is 5.39. The van der Waals surface area contributed by atoms with Gasteiger partial charge in [-0.1, -0.05) is 27.8 Å². The van der Waals surface area contributed by atoms with Crippen LogP contribution < -0.4 is 0 Å². The van der Waals surface area contributed by atoms with Gasteiger partial charge in [0.05, 0.1) is 5.33 Å². The standard InChI is InChI=1S/C8H11BrO/c9-6-3-5-8-4-1-2-7-10-8/h8H,1-2,4,6-7H2. The van der Waals surface area contributed by atoms with Crippen molar-refractivity contribution in [2.24, 2.45) is 0 Å². The Morgan fingerprint density at radius 3 is 3.00 bits per heavy atom. The molecule has 1 unspecified atom stereocenters. The van der Waals surface area contributed by atoms with Gasteiger partial charge in [0.2, 0.25) is 0 Å². The van der Waals surface area contributed by atoms with Crippen molar-refractivity contribution in [3.8, 4) is 11.8 Å². The van der Waals surface area contributed by atoms with Crippen LogP contribution in [0.2, 0.25) is 0 Å². The van der Waals surface area contributed by atoms with Crippen LogP contribution >= 0.6 is 15.9 Å². The predicted molar refractivity (Wildman–Crippen MR) is 45.2 cm³/mol. The number of hydrogen-bond acceptors (Lipinski definition) is 1. The molecule has 1 fully saturated rings. The second kappa shape index (κ2) is 4.76. The molecule has 0 spiro atoms. The Bertz CT molecular complexity index is 139. The zero-order valence-electron chi connectivity index (χ0n) is 5.90. The lowest BCUT2D eigenvalue weighted by molar-refractivity contribution is 0.0525. The minimum atomic E-state index is 0.214. The van der Waals surface area contributed by atoms with Crippen molar-refractivity contribution in [1.82, 2.24) is 0 Å². The molecule has 0 saturated carbocycles. The van der Waals surface area contributed by atoms with E-state index in [2.05, 4.69) is 27.8 Å². The highest BCUT2D eigenvalue weighted by Crippen LogP contribution is 2.11. The van der Waals surface area contributed by atoms with E-state index >= 15 is 0 Å². The van der Waals surface area contributed by atoms with Crippen molar-refractivity contribution in [2.45, 2.75) is 25.4 Å². The average molecular weight is 203 g/mol. The van der Waals surface area contributed by atoms with Gasteiger partial charge in [0, 0.05) is 6.61 Å². The quantitative estimate of drug-likeness (QED) is 0.432. The molecule has 1 heterocycles. The van der Waals surface area contributed by atoms with Gasteiger partial charge in [-0.3, -0.25) is 0 Å². The van der Waals surface area contributed by atoms with E-state index in [1.54, 1.807) is 0 Å². The third-order valence-electron chi connectivity index (χ3n) is 1.51. The van der Waals surface area contributed by atoms with E-state index < -0.39 is 0 Å². The SMILES string of the molecule is BrCC#CC1CCCCO1. The summed E-state index contributed by atoms with van der Waals surface area (Å²) in [6.07, 6.45) is 3.79. The minimum absolute atomic E-state index is 0.214. The van der Waals surface area contributed by atoms with Crippen molar-refractivity contribution < 1.29 is 4.74 Å². The molecule has 2 heteroatoms. The summed E-state index contributed by atoms with van der Waals surface area (Å²) in [5.74, 6) is 6.01. The van der Waals surface area contributed by atoms with Gasteiger partial charge >= 0.3 is 0 Å². The molecule has 0 aromatic rings. The highest BCUT2D eigenvalue weighted by molar-refractivity contribution is 9.09. The van der Waals surface area contributed by atoms with Crippen LogP contribution in [0.5, 0.6) is 0 Å². The summed E-state index contributed by atoms with van der Waals surface area (Å²) in [5.41, 5.74) is 0. The zero-order chi connectivity index (χ0) is 7.23. The van der Waals surface area contributed by atoms with E-state index in [0.29, 0.717) is 0 Å². The van der Waals surface area contributed by atoms with Crippen LogP contribution in [0.3, 0.4) is 0 Å². The van der Waals surface area contributed by atoms with E-state index in [1.165, 1.54) is 12.8 Å². The molecule has 10 heavy (non-hydrogen) atoms. The molecule has 56 valence electrons. The van der Waals surface area contributed by atoms with Gasteiger partial charge in [-0.2, -0.15) is 0 Å². The topological polar surface area (TPSA) is 9.23 Å². The maximum atomic E-state index is 5.39. The van der Waals surface area contributed by atoms with E-state index in [0.717, 1.165) is 18.4 Å². The number of hydrogen-bond donors (Lipinski definition) is 0. The molecule has 0 amide bonds. The van der Waals surface area contributed by atoms with Crippen molar-refractivity contribution >= 4 is 15.9 Å². The molecule has 0 bridgehead atoms. The Kier molecular flexibility index (Phi) is 3.86. The Hall–Kier alpha value is 0.00000000000000000694. The lowest BCUT2D eigenvalue weighted by atomic mass is 10.1. The fourth-order valence-corrected chi connectivity index (χ4v) is 1.17. The molecule has 1 rings (SSSR count). The Labute approximate surface area is 70.3 Å². The molecule has 0 aliphatic carbocycles. The van der Waals surface area contributed by atoms with Crippen LogP contribution in [0, 0.1) is 11.8 Å². The number of rotatable bonds is 0. The molecule has 0 N–H and O–H groups in total. The number of alkyl halides is 1. The molecule has 1 atom stereocenters. The largest absolute Gasteiger partial charge is 0.366 e. The predicted octanol–water partition coefficient (Wildman–Crippen LogP) is 1.95. The molecule has 0 aromatic heterocycles. The van der Waals surface area contributed by atoms with E-state index in [1.807, 2.05) is 0 Å². The van der Waals surface area contributed by atoms with E-state index in [4.69, 9.17) is 4.74 Å². The first-order valence-electron chi connectivity index (χ1n) is 3.59. The first-order valence-corrected chi connectivity index (χ1v) is 4.71. The summed E-state index contributed by atoms with van der Waals surface area (Å²) < 4.78 is 5.39. The monoisotopic (exact) mass is 202 g/mol. The lowest BCUT2D eigenvalue weighted by Crippen LogP contribution is -2.16. The highest BCUT2D eigenvalue weighted by atomic mass is 79.9. The molecule has 0 radical (unpaired) electrons. The second-order valence-electron chi connectivity index (χ2n) is 2.31. The second-order valence-corrected chi connectivity index (χ2v) is 2.87. The van der Waals surface area contributed by atoms with Crippen LogP contribution in [0.4, 0.5) is 0 Å². The summed E-state index contributed by atoms with van der Waals surface area (Å²) in [5, 5.41) is 0.757. The first kappa shape index (κ1) is 8.10. The summed E-state index contributed by atoms with van der Waals surface area (Å²) in [4.78, 5) is 0. The van der Waals surface area contributed by atoms with Crippen molar-refractivity contribution in [1.29, 1.82) is 0 Å². The summed E-state index contributed by atoms with van der Waals surface area (Å²) in [6, 6.07) is 0. The molecule has 0 aromatic carbocycles. The third-order valence-corrected chi connectivity index (χ3v) is 1.79. The first-order chi connectivity index (χ1) is 4.93. The van der Waals surface area contributed by atoms with Gasteiger partial charge in [0.15, 0.2) is 0 Å². The van der Waals surface area contributed by atoms with Gasteiger partial charge in [-0.05, 0) is 19.3 Å². The average Bonchev–Trinajstić information content (AvgIpc) is 2.03. The molecule has 1 aliphatic rings. The summed E-state index contributed by atoms with van der Waals surface area (Å²) >= 11 is 3.25. The Morgan fingerprint density at radius 2 is 2.40 bits per heavy atom. The van der Waals surface area contributed by atoms with E-state index in [-0.39, 0.29) is 6.10 Å². The highest BCUT2D eigenvalue weighted by Gasteiger charge is 2.09. The van der Waals surface area contributed by atoms with Crippen LogP contribution in [0.25, 0.3) is 0 Å². The normalized spacial score (nSPS) is 25.1. The zero-order valence-corrected chi connectivity index (χ0v) is 7.49. The van der Waals surface area contributed by atoms with Crippen molar-refractivity contribution in [3.05, 3.63) is 0 Å². The number of ether oxygens (including phenoxy) is 1. The smallest absolute Gasteiger partial charge is 0.118 e. The molecular formula is C8H11BrO. The number of halogens is 1. The lowest BCUT2D eigenvalue weighted by Gasteiger charge is -2.16. The molecular weight excluding hydrogens is 192 g/mol. The molecule has 1 saturated heterocycles. The third kappa shape index (κ3) is 2.72. The molecule has 1 aliphatic heterocycles. The molecule has 1 nitrogen and oxygen atoms in total. The fourth-order valence-electron chi connectivity index (χ4n) is 1.01. The van der Waals surface area contributed by atoms with Gasteiger partial charge in [-0.15, -0.1) is 0 Å². The maximum Gasteiger partial charge on any atom is 0.118 e. The van der Waals surface area contributed by atoms with E-state index in [9.17, 15) is 0 Å². The van der Waals surface area contributed by atoms with Crippen molar-refractivity contribution in [2.75, 3.05) is 11.9 Å². The van der Waals surface area contributed by atoms with Crippen LogP contribution in [-0.2, 0) is 4.74 Å². The van der Waals surface area contributed by atoms with Gasteiger partial charge in [0.1, 0.15) is 6.10 Å². The Balaban J connectivity index is 2.25. The van der Waals surface area contributed by atoms with Gasteiger partial charge in [0.25, 0.3) is 0 Å². The van der Waals surface area contributed by atoms with Crippen LogP contribution in [-0.4, -0.2) is 18.0 Å². The van der Waals surface area contributed by atoms with Crippen LogP contribution in [0.15, 0.2) is 0 Å². The Morgan fingerprint density at radius 1 is 1.50 bits per heavy atom. The fraction of sp³-hybridized carbons (Fsp3) is 0.750. The summed E-state index contributed by atoms with van der Waals surface area (Å²) in [7, 11) is 0. The minimum Gasteiger partial charge on any atom is -0.366 e. The van der Waals surface area contributed by atoms with Gasteiger partial charge < -0.3 is 4.74 Å². The van der Waals surface area contributed by atoms with Crippen LogP contribution in [0.1, 0.15) is 19.3 Å². The van der Waals surface area contributed by atoms with Gasteiger partial charge in [-0.25, -0.2) is 0 Å².